The average Bonchev–Trinajstić information content (AvgIpc) is 2.49. The van der Waals surface area contributed by atoms with Gasteiger partial charge in [0.2, 0.25) is 0 Å². The highest BCUT2D eigenvalue weighted by atomic mass is 16.6. The van der Waals surface area contributed by atoms with Gasteiger partial charge in [0.15, 0.2) is 0 Å². The van der Waals surface area contributed by atoms with Gasteiger partial charge in [-0.15, -0.1) is 0 Å². The number of rotatable bonds is 5. The van der Waals surface area contributed by atoms with Crippen molar-refractivity contribution >= 4 is 11.4 Å². The fraction of sp³-hybridized carbons (Fsp3) is 0.294. The van der Waals surface area contributed by atoms with Crippen LogP contribution in [0.2, 0.25) is 0 Å². The first kappa shape index (κ1) is 15.0. The van der Waals surface area contributed by atoms with Crippen molar-refractivity contribution in [2.75, 3.05) is 5.32 Å². The molecule has 0 aliphatic carbocycles. The maximum Gasteiger partial charge on any atom is 0.269 e. The fourth-order valence-corrected chi connectivity index (χ4v) is 2.28. The molecule has 0 saturated heterocycles. The van der Waals surface area contributed by atoms with Crippen molar-refractivity contribution in [1.29, 1.82) is 0 Å². The molecule has 0 amide bonds. The van der Waals surface area contributed by atoms with Crippen LogP contribution >= 0.6 is 0 Å². The first-order valence-electron chi connectivity index (χ1n) is 7.11. The number of nitrogens with one attached hydrogen (secondary N) is 1. The van der Waals surface area contributed by atoms with E-state index in [9.17, 15) is 10.1 Å². The highest BCUT2D eigenvalue weighted by Crippen LogP contribution is 2.25. The zero-order chi connectivity index (χ0) is 15.4. The Labute approximate surface area is 125 Å². The van der Waals surface area contributed by atoms with Gasteiger partial charge in [0.05, 0.1) is 4.92 Å². The first-order valence-corrected chi connectivity index (χ1v) is 7.11. The Morgan fingerprint density at radius 1 is 1.19 bits per heavy atom. The van der Waals surface area contributed by atoms with E-state index < -0.39 is 0 Å². The summed E-state index contributed by atoms with van der Waals surface area (Å²) in [6.45, 7) is 6.10. The molecule has 1 atom stereocenters. The number of nitrogens with zero attached hydrogens (tertiary/aromatic N) is 1. The van der Waals surface area contributed by atoms with Gasteiger partial charge in [0, 0.05) is 23.9 Å². The third-order valence-corrected chi connectivity index (χ3v) is 3.68. The summed E-state index contributed by atoms with van der Waals surface area (Å²) in [7, 11) is 0. The lowest BCUT2D eigenvalue weighted by molar-refractivity contribution is -0.384. The lowest BCUT2D eigenvalue weighted by Crippen LogP contribution is -2.08. The third kappa shape index (κ3) is 3.60. The van der Waals surface area contributed by atoms with E-state index in [-0.39, 0.29) is 16.7 Å². The summed E-state index contributed by atoms with van der Waals surface area (Å²) >= 11 is 0. The van der Waals surface area contributed by atoms with Crippen LogP contribution in [0.15, 0.2) is 42.5 Å². The van der Waals surface area contributed by atoms with Gasteiger partial charge in [-0.3, -0.25) is 10.1 Å². The summed E-state index contributed by atoms with van der Waals surface area (Å²) in [5.41, 5.74) is 4.44. The maximum atomic E-state index is 10.8. The zero-order valence-corrected chi connectivity index (χ0v) is 12.6. The van der Waals surface area contributed by atoms with Crippen molar-refractivity contribution in [3.05, 3.63) is 69.3 Å². The highest BCUT2D eigenvalue weighted by molar-refractivity contribution is 5.56. The van der Waals surface area contributed by atoms with E-state index in [1.54, 1.807) is 12.1 Å². The summed E-state index contributed by atoms with van der Waals surface area (Å²) in [5.74, 6) is 0. The maximum absolute atomic E-state index is 10.8. The van der Waals surface area contributed by atoms with Gasteiger partial charge >= 0.3 is 0 Å². The predicted molar refractivity (Wildman–Crippen MR) is 85.7 cm³/mol. The van der Waals surface area contributed by atoms with E-state index in [0.29, 0.717) is 0 Å². The van der Waals surface area contributed by atoms with Crippen LogP contribution in [0.3, 0.4) is 0 Å². The number of anilines is 1. The van der Waals surface area contributed by atoms with Crippen LogP contribution in [0, 0.1) is 17.0 Å². The Kier molecular flexibility index (Phi) is 4.58. The molecule has 4 nitrogen and oxygen atoms in total. The molecule has 0 aliphatic heterocycles. The van der Waals surface area contributed by atoms with Gasteiger partial charge in [0.1, 0.15) is 0 Å². The van der Waals surface area contributed by atoms with Crippen LogP contribution in [-0.4, -0.2) is 4.92 Å². The number of nitro benzene ring substituents is 1. The number of hydrogen-bond donors (Lipinski definition) is 1. The number of aryl methyl sites for hydroxylation is 2. The molecule has 0 bridgehead atoms. The molecule has 2 aromatic carbocycles. The Morgan fingerprint density at radius 3 is 2.38 bits per heavy atom. The lowest BCUT2D eigenvalue weighted by Gasteiger charge is -2.17. The van der Waals surface area contributed by atoms with Crippen molar-refractivity contribution in [1.82, 2.24) is 0 Å². The molecule has 2 rings (SSSR count). The number of hydrogen-bond acceptors (Lipinski definition) is 3. The fourth-order valence-electron chi connectivity index (χ4n) is 2.28. The quantitative estimate of drug-likeness (QED) is 0.643. The molecule has 2 aromatic rings. The predicted octanol–water partition coefficient (Wildman–Crippen LogP) is 4.64. The highest BCUT2D eigenvalue weighted by Gasteiger charge is 2.10. The topological polar surface area (TPSA) is 55.2 Å². The minimum absolute atomic E-state index is 0.123. The summed E-state index contributed by atoms with van der Waals surface area (Å²) < 4.78 is 0. The average molecular weight is 284 g/mol. The van der Waals surface area contributed by atoms with E-state index in [0.717, 1.165) is 17.7 Å². The van der Waals surface area contributed by atoms with Crippen LogP contribution in [0.4, 0.5) is 11.4 Å². The van der Waals surface area contributed by atoms with E-state index in [1.165, 1.54) is 17.2 Å². The van der Waals surface area contributed by atoms with Gasteiger partial charge in [-0.1, -0.05) is 31.2 Å². The molecule has 1 unspecified atom stereocenters. The Bertz CT molecular complexity index is 636. The number of nitro groups is 1. The molecular weight excluding hydrogens is 264 g/mol. The monoisotopic (exact) mass is 284 g/mol. The van der Waals surface area contributed by atoms with Crippen molar-refractivity contribution < 1.29 is 4.92 Å². The molecular formula is C17H20N2O2. The van der Waals surface area contributed by atoms with E-state index in [2.05, 4.69) is 43.4 Å². The van der Waals surface area contributed by atoms with Gasteiger partial charge in [-0.25, -0.2) is 0 Å². The molecule has 4 heteroatoms. The molecule has 0 spiro atoms. The summed E-state index contributed by atoms with van der Waals surface area (Å²) in [5, 5.41) is 14.2. The third-order valence-electron chi connectivity index (χ3n) is 3.68. The second kappa shape index (κ2) is 6.39. The summed E-state index contributed by atoms with van der Waals surface area (Å²) in [4.78, 5) is 10.4. The van der Waals surface area contributed by atoms with Crippen LogP contribution in [0.25, 0.3) is 0 Å². The number of non-ortho nitro benzene ring substituents is 1. The molecule has 0 saturated carbocycles. The second-order valence-electron chi connectivity index (χ2n) is 5.22. The van der Waals surface area contributed by atoms with Crippen LogP contribution in [-0.2, 0) is 6.42 Å². The molecule has 21 heavy (non-hydrogen) atoms. The van der Waals surface area contributed by atoms with Crippen LogP contribution < -0.4 is 5.32 Å². The molecule has 0 aromatic heterocycles. The summed E-state index contributed by atoms with van der Waals surface area (Å²) in [6, 6.07) is 13.6. The molecule has 0 aliphatic rings. The van der Waals surface area contributed by atoms with Crippen molar-refractivity contribution in [3.8, 4) is 0 Å². The van der Waals surface area contributed by atoms with Gasteiger partial charge in [0.25, 0.3) is 5.69 Å². The largest absolute Gasteiger partial charge is 0.378 e. The zero-order valence-electron chi connectivity index (χ0n) is 12.6. The normalized spacial score (nSPS) is 12.0. The first-order chi connectivity index (χ1) is 10.0. The molecule has 0 fully saturated rings. The van der Waals surface area contributed by atoms with Crippen LogP contribution in [0.5, 0.6) is 0 Å². The lowest BCUT2D eigenvalue weighted by atomic mass is 10.0. The Balaban J connectivity index is 2.14. The smallest absolute Gasteiger partial charge is 0.269 e. The minimum Gasteiger partial charge on any atom is -0.378 e. The van der Waals surface area contributed by atoms with Gasteiger partial charge in [-0.2, -0.15) is 0 Å². The molecule has 0 radical (unpaired) electrons. The van der Waals surface area contributed by atoms with Crippen molar-refractivity contribution in [2.45, 2.75) is 33.2 Å². The summed E-state index contributed by atoms with van der Waals surface area (Å²) in [6.07, 6.45) is 1.03. The Hall–Kier alpha value is -2.36. The van der Waals surface area contributed by atoms with E-state index in [1.807, 2.05) is 6.92 Å². The Morgan fingerprint density at radius 2 is 1.86 bits per heavy atom. The molecule has 0 heterocycles. The van der Waals surface area contributed by atoms with Crippen molar-refractivity contribution in [2.24, 2.45) is 0 Å². The van der Waals surface area contributed by atoms with Gasteiger partial charge in [-0.05, 0) is 43.0 Å². The molecule has 1 N–H and O–H groups in total. The molecule has 110 valence electrons. The van der Waals surface area contributed by atoms with Crippen molar-refractivity contribution in [3.63, 3.8) is 0 Å². The van der Waals surface area contributed by atoms with Crippen LogP contribution in [0.1, 0.15) is 36.6 Å². The van der Waals surface area contributed by atoms with E-state index in [4.69, 9.17) is 0 Å². The van der Waals surface area contributed by atoms with E-state index >= 15 is 0 Å². The minimum atomic E-state index is -0.371. The SMILES string of the molecule is CCc1ccc(C(C)Nc2ccc([N+](=O)[O-])cc2C)cc1. The number of benzene rings is 2. The second-order valence-corrected chi connectivity index (χ2v) is 5.22. The van der Waals surface area contributed by atoms with Gasteiger partial charge < -0.3 is 5.32 Å². The standard InChI is InChI=1S/C17H20N2O2/c1-4-14-5-7-15(8-6-14)13(3)18-17-10-9-16(19(20)21)11-12(17)2/h5-11,13,18H,4H2,1-3H3.